The molecule has 1 aromatic rings. The van der Waals surface area contributed by atoms with E-state index in [0.717, 1.165) is 12.8 Å². The van der Waals surface area contributed by atoms with Crippen molar-refractivity contribution in [1.82, 2.24) is 4.90 Å². The fourth-order valence-corrected chi connectivity index (χ4v) is 2.98. The van der Waals surface area contributed by atoms with Crippen LogP contribution < -0.4 is 5.73 Å². The lowest BCUT2D eigenvalue weighted by atomic mass is 10.1. The third kappa shape index (κ3) is 4.13. The smallest absolute Gasteiger partial charge is 0.129 e. The van der Waals surface area contributed by atoms with E-state index in [0.29, 0.717) is 34.7 Å². The van der Waals surface area contributed by atoms with Crippen molar-refractivity contribution in [3.63, 3.8) is 0 Å². The lowest BCUT2D eigenvalue weighted by Crippen LogP contribution is -2.39. The Balaban J connectivity index is 2.12. The molecule has 0 aromatic heterocycles. The van der Waals surface area contributed by atoms with Gasteiger partial charge in [-0.3, -0.25) is 4.90 Å². The molecular formula is C14H18ClFN2S. The SMILES string of the molecule is NC(=S)CN(Cc1ccc(Cl)cc1F)C1CCCC1. The number of nitrogens with two attached hydrogens (primary N) is 1. The van der Waals surface area contributed by atoms with Crippen molar-refractivity contribution in [3.8, 4) is 0 Å². The largest absolute Gasteiger partial charge is 0.392 e. The maximum atomic E-state index is 13.9. The zero-order chi connectivity index (χ0) is 13.8. The van der Waals surface area contributed by atoms with E-state index in [2.05, 4.69) is 4.90 Å². The van der Waals surface area contributed by atoms with Crippen LogP contribution in [0.2, 0.25) is 5.02 Å². The molecule has 2 N–H and O–H groups in total. The molecule has 0 atom stereocenters. The summed E-state index contributed by atoms with van der Waals surface area (Å²) in [6, 6.07) is 5.26. The summed E-state index contributed by atoms with van der Waals surface area (Å²) in [5.74, 6) is -0.265. The van der Waals surface area contributed by atoms with Crippen molar-refractivity contribution in [2.24, 2.45) is 5.73 Å². The summed E-state index contributed by atoms with van der Waals surface area (Å²) in [6.45, 7) is 1.08. The van der Waals surface area contributed by atoms with Gasteiger partial charge in [0.2, 0.25) is 0 Å². The summed E-state index contributed by atoms with van der Waals surface area (Å²) < 4.78 is 13.9. The molecule has 1 aliphatic carbocycles. The van der Waals surface area contributed by atoms with E-state index in [-0.39, 0.29) is 5.82 Å². The number of thiocarbonyl (C=S) groups is 1. The third-order valence-electron chi connectivity index (χ3n) is 3.59. The normalized spacial score (nSPS) is 16.2. The minimum absolute atomic E-state index is 0.265. The molecule has 0 amide bonds. The Hall–Kier alpha value is -0.710. The topological polar surface area (TPSA) is 29.3 Å². The van der Waals surface area contributed by atoms with Crippen LogP contribution in [0, 0.1) is 5.82 Å². The first-order chi connectivity index (χ1) is 9.06. The Morgan fingerprint density at radius 2 is 2.11 bits per heavy atom. The van der Waals surface area contributed by atoms with Gasteiger partial charge in [0, 0.05) is 29.7 Å². The van der Waals surface area contributed by atoms with Crippen LogP contribution in [0.3, 0.4) is 0 Å². The van der Waals surface area contributed by atoms with E-state index in [1.165, 1.54) is 18.9 Å². The fraction of sp³-hybridized carbons (Fsp3) is 0.500. The number of benzene rings is 1. The molecule has 2 nitrogen and oxygen atoms in total. The Morgan fingerprint density at radius 3 is 2.68 bits per heavy atom. The fourth-order valence-electron chi connectivity index (χ4n) is 2.65. The van der Waals surface area contributed by atoms with Crippen LogP contribution in [0.4, 0.5) is 4.39 Å². The second-order valence-corrected chi connectivity index (χ2v) is 6.01. The average Bonchev–Trinajstić information content (AvgIpc) is 2.84. The summed E-state index contributed by atoms with van der Waals surface area (Å²) in [4.78, 5) is 2.64. The Kier molecular flexibility index (Phi) is 5.13. The molecule has 104 valence electrons. The van der Waals surface area contributed by atoms with Crippen LogP contribution in [0.1, 0.15) is 31.2 Å². The van der Waals surface area contributed by atoms with Crippen molar-refractivity contribution in [3.05, 3.63) is 34.6 Å². The van der Waals surface area contributed by atoms with Crippen LogP contribution in [0.5, 0.6) is 0 Å². The molecular weight excluding hydrogens is 283 g/mol. The Bertz CT molecular complexity index is 461. The highest BCUT2D eigenvalue weighted by atomic mass is 35.5. The molecule has 1 fully saturated rings. The van der Waals surface area contributed by atoms with Crippen LogP contribution in [-0.2, 0) is 6.54 Å². The van der Waals surface area contributed by atoms with Gasteiger partial charge in [0.25, 0.3) is 0 Å². The highest BCUT2D eigenvalue weighted by Crippen LogP contribution is 2.26. The van der Waals surface area contributed by atoms with Crippen LogP contribution in [0.25, 0.3) is 0 Å². The molecule has 0 saturated heterocycles. The lowest BCUT2D eigenvalue weighted by molar-refractivity contribution is 0.216. The quantitative estimate of drug-likeness (QED) is 0.844. The molecule has 19 heavy (non-hydrogen) atoms. The summed E-state index contributed by atoms with van der Waals surface area (Å²) in [7, 11) is 0. The second kappa shape index (κ2) is 6.64. The first-order valence-electron chi connectivity index (χ1n) is 6.52. The Morgan fingerprint density at radius 1 is 1.42 bits per heavy atom. The Labute approximate surface area is 123 Å². The van der Waals surface area contributed by atoms with Crippen molar-refractivity contribution < 1.29 is 4.39 Å². The first kappa shape index (κ1) is 14.7. The van der Waals surface area contributed by atoms with E-state index in [9.17, 15) is 4.39 Å². The summed E-state index contributed by atoms with van der Waals surface area (Å²) >= 11 is 10.8. The van der Waals surface area contributed by atoms with Crippen molar-refractivity contribution in [1.29, 1.82) is 0 Å². The predicted molar refractivity (Wildman–Crippen MR) is 80.9 cm³/mol. The highest BCUT2D eigenvalue weighted by Gasteiger charge is 2.23. The van der Waals surface area contributed by atoms with Crippen LogP contribution in [-0.4, -0.2) is 22.5 Å². The average molecular weight is 301 g/mol. The van der Waals surface area contributed by atoms with Gasteiger partial charge in [-0.25, -0.2) is 4.39 Å². The molecule has 0 radical (unpaired) electrons. The van der Waals surface area contributed by atoms with Gasteiger partial charge in [-0.2, -0.15) is 0 Å². The molecule has 0 heterocycles. The van der Waals surface area contributed by atoms with Crippen LogP contribution >= 0.6 is 23.8 Å². The van der Waals surface area contributed by atoms with Gasteiger partial charge in [0.05, 0.1) is 4.99 Å². The number of hydrogen-bond donors (Lipinski definition) is 1. The zero-order valence-electron chi connectivity index (χ0n) is 10.7. The lowest BCUT2D eigenvalue weighted by Gasteiger charge is -2.28. The molecule has 5 heteroatoms. The maximum Gasteiger partial charge on any atom is 0.129 e. The summed E-state index contributed by atoms with van der Waals surface area (Å²) in [5, 5.41) is 0.419. The third-order valence-corrected chi connectivity index (χ3v) is 3.95. The van der Waals surface area contributed by atoms with Crippen molar-refractivity contribution >= 4 is 28.8 Å². The van der Waals surface area contributed by atoms with Gasteiger partial charge < -0.3 is 5.73 Å². The van der Waals surface area contributed by atoms with Crippen LogP contribution in [0.15, 0.2) is 18.2 Å². The zero-order valence-corrected chi connectivity index (χ0v) is 12.3. The minimum atomic E-state index is -0.265. The molecule has 0 spiro atoms. The summed E-state index contributed by atoms with van der Waals surface area (Å²) in [5.41, 5.74) is 6.30. The van der Waals surface area contributed by atoms with Gasteiger partial charge in [0.15, 0.2) is 0 Å². The van der Waals surface area contributed by atoms with Crippen molar-refractivity contribution in [2.45, 2.75) is 38.3 Å². The second-order valence-electron chi connectivity index (χ2n) is 5.05. The van der Waals surface area contributed by atoms with Gasteiger partial charge in [-0.05, 0) is 25.0 Å². The first-order valence-corrected chi connectivity index (χ1v) is 7.31. The predicted octanol–water partition coefficient (Wildman–Crippen LogP) is 3.51. The van der Waals surface area contributed by atoms with E-state index < -0.39 is 0 Å². The number of rotatable bonds is 5. The highest BCUT2D eigenvalue weighted by molar-refractivity contribution is 7.80. The van der Waals surface area contributed by atoms with E-state index >= 15 is 0 Å². The molecule has 0 aliphatic heterocycles. The monoisotopic (exact) mass is 300 g/mol. The molecule has 1 aromatic carbocycles. The van der Waals surface area contributed by atoms with Gasteiger partial charge in [-0.15, -0.1) is 0 Å². The molecule has 2 rings (SSSR count). The number of nitrogens with zero attached hydrogens (tertiary/aromatic N) is 1. The minimum Gasteiger partial charge on any atom is -0.392 e. The van der Waals surface area contributed by atoms with E-state index in [1.807, 2.05) is 0 Å². The van der Waals surface area contributed by atoms with Gasteiger partial charge in [0.1, 0.15) is 5.82 Å². The molecule has 0 unspecified atom stereocenters. The molecule has 1 aliphatic rings. The maximum absolute atomic E-state index is 13.9. The molecule has 0 bridgehead atoms. The number of halogens is 2. The van der Waals surface area contributed by atoms with E-state index in [1.54, 1.807) is 12.1 Å². The van der Waals surface area contributed by atoms with Gasteiger partial charge >= 0.3 is 0 Å². The van der Waals surface area contributed by atoms with Crippen molar-refractivity contribution in [2.75, 3.05) is 6.54 Å². The van der Waals surface area contributed by atoms with Gasteiger partial charge in [-0.1, -0.05) is 42.7 Å². The number of hydrogen-bond acceptors (Lipinski definition) is 2. The van der Waals surface area contributed by atoms with E-state index in [4.69, 9.17) is 29.6 Å². The molecule has 1 saturated carbocycles. The standard InChI is InChI=1S/C14H18ClFN2S/c15-11-6-5-10(13(16)7-11)8-18(9-14(17)19)12-3-1-2-4-12/h5-7,12H,1-4,8-9H2,(H2,17,19). The summed E-state index contributed by atoms with van der Waals surface area (Å²) in [6.07, 6.45) is 4.72.